The Morgan fingerprint density at radius 2 is 2.21 bits per heavy atom. The van der Waals surface area contributed by atoms with Crippen LogP contribution in [0.25, 0.3) is 10.2 Å². The van der Waals surface area contributed by atoms with E-state index in [4.69, 9.17) is 10.5 Å². The van der Waals surface area contributed by atoms with Gasteiger partial charge in [-0.15, -0.1) is 23.7 Å². The number of ether oxygens (including phenoxy) is 1. The van der Waals surface area contributed by atoms with Gasteiger partial charge in [0.2, 0.25) is 5.91 Å². The Labute approximate surface area is 173 Å². The van der Waals surface area contributed by atoms with E-state index in [-0.39, 0.29) is 24.2 Å². The summed E-state index contributed by atoms with van der Waals surface area (Å²) in [5.41, 5.74) is 7.10. The zero-order chi connectivity index (χ0) is 18.8. The minimum atomic E-state index is -0.131. The number of benzene rings is 1. The molecule has 2 aromatic heterocycles. The number of nitrogens with zero attached hydrogens (tertiary/aromatic N) is 3. The minimum absolute atomic E-state index is 0. The molecule has 1 aliphatic rings. The van der Waals surface area contributed by atoms with Gasteiger partial charge in [-0.3, -0.25) is 4.79 Å². The molecular weight excluding hydrogens is 398 g/mol. The molecule has 1 amide bonds. The fourth-order valence-corrected chi connectivity index (χ4v) is 4.15. The molecular formula is C19H22ClN5O2S. The summed E-state index contributed by atoms with van der Waals surface area (Å²) < 4.78 is 5.22. The zero-order valence-electron chi connectivity index (χ0n) is 15.4. The van der Waals surface area contributed by atoms with Gasteiger partial charge in [0.25, 0.3) is 0 Å². The van der Waals surface area contributed by atoms with Crippen molar-refractivity contribution in [3.63, 3.8) is 0 Å². The smallest absolute Gasteiger partial charge is 0.229 e. The third-order valence-corrected chi connectivity index (χ3v) is 5.67. The summed E-state index contributed by atoms with van der Waals surface area (Å²) in [6.07, 6.45) is 3.36. The molecule has 3 heterocycles. The van der Waals surface area contributed by atoms with Crippen molar-refractivity contribution in [3.05, 3.63) is 36.0 Å². The highest BCUT2D eigenvalue weighted by Crippen LogP contribution is 2.31. The Morgan fingerprint density at radius 3 is 3.04 bits per heavy atom. The summed E-state index contributed by atoms with van der Waals surface area (Å²) in [5, 5.41) is 6.02. The molecule has 0 radical (unpaired) electrons. The molecule has 3 N–H and O–H groups in total. The Balaban J connectivity index is 0.00000225. The van der Waals surface area contributed by atoms with Gasteiger partial charge in [0.05, 0.1) is 29.8 Å². The number of amides is 1. The maximum Gasteiger partial charge on any atom is 0.229 e. The molecule has 0 spiro atoms. The lowest BCUT2D eigenvalue weighted by atomic mass is 9.96. The van der Waals surface area contributed by atoms with E-state index in [0.717, 1.165) is 35.4 Å². The van der Waals surface area contributed by atoms with Crippen LogP contribution in [0, 0.1) is 5.92 Å². The Morgan fingerprint density at radius 1 is 1.36 bits per heavy atom. The van der Waals surface area contributed by atoms with Crippen molar-refractivity contribution in [3.8, 4) is 5.75 Å². The molecule has 9 heteroatoms. The van der Waals surface area contributed by atoms with E-state index < -0.39 is 0 Å². The first kappa shape index (κ1) is 20.2. The highest BCUT2D eigenvalue weighted by Gasteiger charge is 2.28. The van der Waals surface area contributed by atoms with Crippen LogP contribution in [0.4, 0.5) is 17.2 Å². The predicted molar refractivity (Wildman–Crippen MR) is 116 cm³/mol. The number of nitrogen functional groups attached to an aromatic ring is 1. The van der Waals surface area contributed by atoms with Gasteiger partial charge in [-0.05, 0) is 36.4 Å². The Kier molecular flexibility index (Phi) is 6.21. The highest BCUT2D eigenvalue weighted by atomic mass is 35.5. The average molecular weight is 420 g/mol. The summed E-state index contributed by atoms with van der Waals surface area (Å²) in [6.45, 7) is 1.50. The Hall–Kier alpha value is -2.58. The van der Waals surface area contributed by atoms with Gasteiger partial charge in [0.15, 0.2) is 0 Å². The first-order valence-electron chi connectivity index (χ1n) is 8.83. The summed E-state index contributed by atoms with van der Waals surface area (Å²) in [4.78, 5) is 24.8. The third-order valence-electron chi connectivity index (χ3n) is 4.85. The van der Waals surface area contributed by atoms with Crippen molar-refractivity contribution in [1.82, 2.24) is 9.97 Å². The number of hydrogen-bond acceptors (Lipinski definition) is 7. The maximum absolute atomic E-state index is 12.8. The number of fused-ring (bicyclic) bond motifs is 1. The largest absolute Gasteiger partial charge is 0.497 e. The van der Waals surface area contributed by atoms with Crippen molar-refractivity contribution in [2.75, 3.05) is 36.1 Å². The van der Waals surface area contributed by atoms with E-state index in [1.807, 2.05) is 11.4 Å². The number of thiophene rings is 1. The first-order valence-corrected chi connectivity index (χ1v) is 9.71. The van der Waals surface area contributed by atoms with Crippen molar-refractivity contribution < 1.29 is 9.53 Å². The van der Waals surface area contributed by atoms with Crippen LogP contribution >= 0.6 is 23.7 Å². The number of rotatable bonds is 4. The van der Waals surface area contributed by atoms with Crippen LogP contribution in [-0.2, 0) is 4.79 Å². The molecule has 1 aromatic carbocycles. The monoisotopic (exact) mass is 419 g/mol. The quantitative estimate of drug-likeness (QED) is 0.628. The lowest BCUT2D eigenvalue weighted by Gasteiger charge is -2.33. The number of anilines is 3. The molecule has 1 fully saturated rings. The van der Waals surface area contributed by atoms with Crippen LogP contribution in [0.2, 0.25) is 0 Å². The van der Waals surface area contributed by atoms with Gasteiger partial charge in [-0.2, -0.15) is 0 Å². The van der Waals surface area contributed by atoms with Crippen LogP contribution in [0.1, 0.15) is 12.8 Å². The molecule has 1 saturated heterocycles. The minimum Gasteiger partial charge on any atom is -0.497 e. The third kappa shape index (κ3) is 3.98. The molecule has 1 aliphatic heterocycles. The number of aromatic nitrogens is 2. The predicted octanol–water partition coefficient (Wildman–Crippen LogP) is 3.56. The summed E-state index contributed by atoms with van der Waals surface area (Å²) in [6, 6.07) is 7.29. The molecule has 0 bridgehead atoms. The van der Waals surface area contributed by atoms with Crippen molar-refractivity contribution >= 4 is 57.1 Å². The highest BCUT2D eigenvalue weighted by molar-refractivity contribution is 7.16. The van der Waals surface area contributed by atoms with Crippen LogP contribution < -0.4 is 20.7 Å². The molecule has 1 atom stereocenters. The number of hydrogen-bond donors (Lipinski definition) is 2. The van der Waals surface area contributed by atoms with E-state index in [1.165, 1.54) is 0 Å². The molecule has 7 nitrogen and oxygen atoms in total. The van der Waals surface area contributed by atoms with E-state index in [1.54, 1.807) is 43.0 Å². The van der Waals surface area contributed by atoms with E-state index in [0.29, 0.717) is 23.7 Å². The number of carbonyl (C=O) groups excluding carboxylic acids is 1. The van der Waals surface area contributed by atoms with Crippen LogP contribution in [0.15, 0.2) is 36.0 Å². The summed E-state index contributed by atoms with van der Waals surface area (Å²) in [5.74, 6) is 1.40. The molecule has 148 valence electrons. The van der Waals surface area contributed by atoms with Crippen LogP contribution in [0.3, 0.4) is 0 Å². The maximum atomic E-state index is 12.8. The number of methoxy groups -OCH3 is 1. The van der Waals surface area contributed by atoms with E-state index in [9.17, 15) is 4.79 Å². The van der Waals surface area contributed by atoms with Crippen molar-refractivity contribution in [1.29, 1.82) is 0 Å². The molecule has 0 saturated carbocycles. The summed E-state index contributed by atoms with van der Waals surface area (Å²) >= 11 is 1.60. The second-order valence-electron chi connectivity index (χ2n) is 6.56. The average Bonchev–Trinajstić information content (AvgIpc) is 3.18. The van der Waals surface area contributed by atoms with Gasteiger partial charge in [0, 0.05) is 19.2 Å². The zero-order valence-corrected chi connectivity index (χ0v) is 17.1. The molecule has 3 aromatic rings. The van der Waals surface area contributed by atoms with Gasteiger partial charge in [-0.25, -0.2) is 9.97 Å². The summed E-state index contributed by atoms with van der Waals surface area (Å²) in [7, 11) is 1.59. The first-order chi connectivity index (χ1) is 13.2. The van der Waals surface area contributed by atoms with Crippen molar-refractivity contribution in [2.45, 2.75) is 12.8 Å². The second kappa shape index (κ2) is 8.62. The molecule has 1 unspecified atom stereocenters. The number of nitrogens with one attached hydrogen (secondary N) is 1. The lowest BCUT2D eigenvalue weighted by Crippen LogP contribution is -2.41. The van der Waals surface area contributed by atoms with Crippen molar-refractivity contribution in [2.24, 2.45) is 5.92 Å². The van der Waals surface area contributed by atoms with E-state index in [2.05, 4.69) is 20.2 Å². The van der Waals surface area contributed by atoms with E-state index >= 15 is 0 Å². The Bertz CT molecular complexity index is 980. The molecule has 4 rings (SSSR count). The number of nitrogens with two attached hydrogens (primary N) is 1. The van der Waals surface area contributed by atoms with Crippen LogP contribution in [0.5, 0.6) is 5.75 Å². The number of carbonyl (C=O) groups is 1. The normalized spacial score (nSPS) is 16.5. The fraction of sp³-hybridized carbons (Fsp3) is 0.316. The topological polar surface area (TPSA) is 93.4 Å². The van der Waals surface area contributed by atoms with Gasteiger partial charge < -0.3 is 20.7 Å². The molecule has 28 heavy (non-hydrogen) atoms. The van der Waals surface area contributed by atoms with Gasteiger partial charge in [0.1, 0.15) is 22.7 Å². The fourth-order valence-electron chi connectivity index (χ4n) is 3.42. The lowest BCUT2D eigenvalue weighted by molar-refractivity contribution is -0.120. The van der Waals surface area contributed by atoms with Crippen LogP contribution in [-0.4, -0.2) is 36.1 Å². The second-order valence-corrected chi connectivity index (χ2v) is 7.46. The van der Waals surface area contributed by atoms with Gasteiger partial charge in [-0.1, -0.05) is 0 Å². The standard InChI is InChI=1S/C19H21N5O2S.ClH/c1-26-13-4-5-15(20)16(9-13)23-18(25)12-3-2-7-24(10-12)17-14-6-8-27-19(14)22-11-21-17;/h4-6,8-9,11-12H,2-3,7,10,20H2,1H3,(H,23,25);1H. The van der Waals surface area contributed by atoms with Gasteiger partial charge >= 0.3 is 0 Å². The number of piperidine rings is 1. The number of halogens is 1. The SMILES string of the molecule is COc1ccc(N)c(NC(=O)C2CCCN(c3ncnc4sccc34)C2)c1.Cl. The molecule has 0 aliphatic carbocycles.